The van der Waals surface area contributed by atoms with Crippen LogP contribution in [-0.2, 0) is 5.41 Å². The Morgan fingerprint density at radius 2 is 0.738 bits per heavy atom. The Morgan fingerprint density at radius 1 is 0.262 bits per heavy atom. The van der Waals surface area contributed by atoms with Crippen LogP contribution in [0.2, 0.25) is 0 Å². The largest absolute Gasteiger partial charge is 0.0725 e. The number of rotatable bonds is 4. The van der Waals surface area contributed by atoms with Crippen molar-refractivity contribution < 1.29 is 15.1 Å². The van der Waals surface area contributed by atoms with Crippen LogP contribution >= 0.6 is 0 Å². The molecule has 2 aliphatic carbocycles. The molecule has 2 aliphatic rings. The van der Waals surface area contributed by atoms with Gasteiger partial charge in [-0.25, -0.2) is 0 Å². The van der Waals surface area contributed by atoms with Crippen LogP contribution in [0.5, 0.6) is 0 Å². The number of fused-ring (bicyclic) bond motifs is 14. The van der Waals surface area contributed by atoms with Gasteiger partial charge in [0.2, 0.25) is 0 Å². The van der Waals surface area contributed by atoms with Gasteiger partial charge in [-0.2, -0.15) is 0 Å². The molecule has 0 fully saturated rings. The van der Waals surface area contributed by atoms with Gasteiger partial charge >= 0.3 is 0 Å². The Labute approximate surface area is 393 Å². The van der Waals surface area contributed by atoms with Crippen LogP contribution in [0.15, 0.2) is 242 Å². The third kappa shape index (κ3) is 5.03. The molecule has 65 heavy (non-hydrogen) atoms. The highest BCUT2D eigenvalue weighted by atomic mass is 14.5. The summed E-state index contributed by atoms with van der Waals surface area (Å²) >= 11 is 0. The second kappa shape index (κ2) is 13.8. The van der Waals surface area contributed by atoms with E-state index in [0.717, 1.165) is 60.7 Å². The summed E-state index contributed by atoms with van der Waals surface area (Å²) in [6, 6.07) is 54.3. The highest BCUT2D eigenvalue weighted by molar-refractivity contribution is 6.24. The van der Waals surface area contributed by atoms with Gasteiger partial charge < -0.3 is 0 Å². The van der Waals surface area contributed by atoms with Gasteiger partial charge in [-0.3, -0.25) is 0 Å². The molecule has 0 saturated heterocycles. The van der Waals surface area contributed by atoms with E-state index in [9.17, 15) is 8.22 Å². The molecule has 0 N–H and O–H groups in total. The summed E-state index contributed by atoms with van der Waals surface area (Å²) in [5.41, 5.74) is 11.6. The second-order valence-corrected chi connectivity index (χ2v) is 17.0. The first-order chi connectivity index (χ1) is 36.8. The summed E-state index contributed by atoms with van der Waals surface area (Å²) in [6.07, 6.45) is 0. The predicted molar refractivity (Wildman–Crippen MR) is 275 cm³/mol. The molecule has 0 atom stereocenters. The smallest absolute Gasteiger partial charge is 0.0622 e. The molecular formula is C65H40. The molecule has 0 saturated carbocycles. The van der Waals surface area contributed by atoms with Crippen molar-refractivity contribution in [2.75, 3.05) is 0 Å². The molecule has 0 amide bonds. The van der Waals surface area contributed by atoms with Crippen LogP contribution in [0.1, 0.15) is 37.3 Å². The molecule has 0 heterocycles. The normalized spacial score (nSPS) is 15.4. The van der Waals surface area contributed by atoms with E-state index in [1.807, 2.05) is 97.1 Å². The molecule has 0 unspecified atom stereocenters. The molecule has 1 spiro atoms. The maximum Gasteiger partial charge on any atom is 0.0725 e. The number of hydrogen-bond acceptors (Lipinski definition) is 0. The van der Waals surface area contributed by atoms with E-state index in [-0.39, 0.29) is 63.7 Å². The Bertz CT molecular complexity index is 4530. The summed E-state index contributed by atoms with van der Waals surface area (Å²) in [5.74, 6) is 0. The van der Waals surface area contributed by atoms with Gasteiger partial charge in [0, 0.05) is 0 Å². The topological polar surface area (TPSA) is 0 Å². The van der Waals surface area contributed by atoms with Crippen LogP contribution in [0, 0.1) is 0 Å². The summed E-state index contributed by atoms with van der Waals surface area (Å²) in [6.45, 7) is 0. The van der Waals surface area contributed by atoms with Crippen molar-refractivity contribution in [3.05, 3.63) is 265 Å². The molecule has 14 rings (SSSR count). The van der Waals surface area contributed by atoms with E-state index < -0.39 is 35.6 Å². The Morgan fingerprint density at radius 3 is 1.42 bits per heavy atom. The minimum atomic E-state index is -0.633. The third-order valence-corrected chi connectivity index (χ3v) is 13.9. The van der Waals surface area contributed by atoms with Crippen LogP contribution in [0.3, 0.4) is 0 Å². The van der Waals surface area contributed by atoms with Crippen LogP contribution in [-0.4, -0.2) is 0 Å². The van der Waals surface area contributed by atoms with E-state index in [1.54, 1.807) is 6.07 Å². The monoisotopic (exact) mass is 831 g/mol. The summed E-state index contributed by atoms with van der Waals surface area (Å²) < 4.78 is 102. The van der Waals surface area contributed by atoms with Gasteiger partial charge in [-0.1, -0.05) is 230 Å². The van der Waals surface area contributed by atoms with Crippen LogP contribution in [0.25, 0.3) is 110 Å². The highest BCUT2D eigenvalue weighted by Gasteiger charge is 2.51. The zero-order valence-electron chi connectivity index (χ0n) is 45.7. The van der Waals surface area contributed by atoms with Crippen molar-refractivity contribution in [3.8, 4) is 66.8 Å². The number of benzene rings is 12. The molecule has 300 valence electrons. The lowest BCUT2D eigenvalue weighted by molar-refractivity contribution is 0.794. The van der Waals surface area contributed by atoms with E-state index in [0.29, 0.717) is 32.8 Å². The van der Waals surface area contributed by atoms with Crippen molar-refractivity contribution in [1.29, 1.82) is 0 Å². The molecule has 0 aromatic heterocycles. The first-order valence-corrected chi connectivity index (χ1v) is 21.9. The first kappa shape index (κ1) is 27.0. The Balaban J connectivity index is 1.07. The highest BCUT2D eigenvalue weighted by Crippen LogP contribution is 2.63. The zero-order valence-corrected chi connectivity index (χ0v) is 34.7. The fourth-order valence-electron chi connectivity index (χ4n) is 11.3. The molecule has 0 bridgehead atoms. The van der Waals surface area contributed by atoms with Gasteiger partial charge in [0.1, 0.15) is 0 Å². The van der Waals surface area contributed by atoms with Crippen molar-refractivity contribution >= 4 is 43.1 Å². The van der Waals surface area contributed by atoms with Gasteiger partial charge in [-0.05, 0) is 144 Å². The SMILES string of the molecule is [2H]c1c([2H])c([2H])c(-c2c3ccccc3c(-c3cccc4ccccc34)c3cc(-c4c([2H])c([2H])c(-c5ccc6c(c5)-c5ccccc5C65c6ccccc6-c6ccccc65)c5c([2H])c([2H])c([2H])c([2H])c45)ccc23)c([2H])c1[2H]. The van der Waals surface area contributed by atoms with Crippen LogP contribution < -0.4 is 0 Å². The van der Waals surface area contributed by atoms with E-state index in [1.165, 1.54) is 11.1 Å². The lowest BCUT2D eigenvalue weighted by Crippen LogP contribution is -2.25. The fourth-order valence-corrected chi connectivity index (χ4v) is 11.3. The van der Waals surface area contributed by atoms with Gasteiger partial charge in [0.15, 0.2) is 0 Å². The third-order valence-electron chi connectivity index (χ3n) is 13.9. The predicted octanol–water partition coefficient (Wildman–Crippen LogP) is 17.3. The molecule has 12 aromatic rings. The summed E-state index contributed by atoms with van der Waals surface area (Å²) in [5, 5.41) is 4.71. The summed E-state index contributed by atoms with van der Waals surface area (Å²) in [7, 11) is 0. The van der Waals surface area contributed by atoms with Crippen molar-refractivity contribution in [3.63, 3.8) is 0 Å². The molecule has 12 aromatic carbocycles. The Kier molecular flexibility index (Phi) is 5.75. The van der Waals surface area contributed by atoms with E-state index in [2.05, 4.69) is 72.8 Å². The standard InChI is InChI=1S/C65H40/c1-2-18-42(19-3-1)63-54-27-8-9-28-55(54)64(53-29-16-20-41-17-4-5-21-45(41)53)58-40-43(33-35-56(58)63)46-36-37-47(49-23-7-6-22-48(46)49)44-34-38-62-57(39-44)52-26-12-15-32-61(52)65(62)59-30-13-10-24-50(59)51-25-11-14-31-60(51)65/h1-40H/i1D,2D,3D,6D,7D,18D,19D,22D,23D,36D,37D. The quantitative estimate of drug-likeness (QED) is 0.155. The minimum absolute atomic E-state index is 0.0344. The molecule has 0 radical (unpaired) electrons. The molecular weight excluding hydrogens is 781 g/mol. The lowest BCUT2D eigenvalue weighted by atomic mass is 9.70. The average Bonchev–Trinajstić information content (AvgIpc) is 4.06. The van der Waals surface area contributed by atoms with Gasteiger partial charge in [0.25, 0.3) is 0 Å². The molecule has 0 heteroatoms. The van der Waals surface area contributed by atoms with E-state index in [4.69, 9.17) is 6.85 Å². The van der Waals surface area contributed by atoms with Crippen LogP contribution in [0.4, 0.5) is 0 Å². The van der Waals surface area contributed by atoms with Crippen molar-refractivity contribution in [2.24, 2.45) is 0 Å². The fraction of sp³-hybridized carbons (Fsp3) is 0.0154. The maximum absolute atomic E-state index is 10.1. The molecule has 0 nitrogen and oxygen atoms in total. The van der Waals surface area contributed by atoms with E-state index >= 15 is 0 Å². The molecule has 0 aliphatic heterocycles. The maximum atomic E-state index is 10.1. The van der Waals surface area contributed by atoms with Gasteiger partial charge in [0.05, 0.1) is 20.5 Å². The van der Waals surface area contributed by atoms with Gasteiger partial charge in [-0.15, -0.1) is 0 Å². The van der Waals surface area contributed by atoms with Crippen molar-refractivity contribution in [2.45, 2.75) is 5.41 Å². The first-order valence-electron chi connectivity index (χ1n) is 27.4. The summed E-state index contributed by atoms with van der Waals surface area (Å²) in [4.78, 5) is 0. The lowest BCUT2D eigenvalue weighted by Gasteiger charge is -2.30. The zero-order chi connectivity index (χ0) is 52.2. The van der Waals surface area contributed by atoms with Crippen molar-refractivity contribution in [1.82, 2.24) is 0 Å². The number of hydrogen-bond donors (Lipinski definition) is 0. The Hall–Kier alpha value is -8.32. The second-order valence-electron chi connectivity index (χ2n) is 17.0. The minimum Gasteiger partial charge on any atom is -0.0622 e. The average molecular weight is 832 g/mol.